The van der Waals surface area contributed by atoms with Crippen molar-refractivity contribution < 1.29 is 4.79 Å². The van der Waals surface area contributed by atoms with Gasteiger partial charge in [0.25, 0.3) is 0 Å². The Morgan fingerprint density at radius 2 is 2.12 bits per heavy atom. The number of hydrogen-bond donors (Lipinski definition) is 1. The van der Waals surface area contributed by atoms with Gasteiger partial charge in [0, 0.05) is 13.1 Å². The van der Waals surface area contributed by atoms with Gasteiger partial charge in [-0.15, -0.1) is 12.4 Å². The van der Waals surface area contributed by atoms with Crippen LogP contribution in [0.15, 0.2) is 0 Å². The zero-order valence-corrected chi connectivity index (χ0v) is 11.5. The van der Waals surface area contributed by atoms with Crippen LogP contribution in [0.3, 0.4) is 0 Å². The quantitative estimate of drug-likeness (QED) is 0.826. The zero-order valence-electron chi connectivity index (χ0n) is 10.7. The third-order valence-corrected chi connectivity index (χ3v) is 2.89. The summed E-state index contributed by atoms with van der Waals surface area (Å²) in [6.45, 7) is 9.08. The molecule has 1 aliphatic heterocycles. The van der Waals surface area contributed by atoms with Gasteiger partial charge in [0.05, 0.1) is 6.04 Å². The summed E-state index contributed by atoms with van der Waals surface area (Å²) >= 11 is 0. The van der Waals surface area contributed by atoms with Crippen molar-refractivity contribution in [2.45, 2.75) is 46.1 Å². The van der Waals surface area contributed by atoms with E-state index in [1.54, 1.807) is 0 Å². The highest BCUT2D eigenvalue weighted by Crippen LogP contribution is 2.11. The fourth-order valence-corrected chi connectivity index (χ4v) is 2.10. The fourth-order valence-electron chi connectivity index (χ4n) is 2.10. The molecule has 0 aromatic heterocycles. The second kappa shape index (κ2) is 7.91. The smallest absolute Gasteiger partial charge is 0.239 e. The van der Waals surface area contributed by atoms with E-state index in [9.17, 15) is 4.79 Å². The molecule has 0 saturated carbocycles. The highest BCUT2D eigenvalue weighted by Gasteiger charge is 2.24. The Morgan fingerprint density at radius 1 is 1.44 bits per heavy atom. The number of amides is 1. The van der Waals surface area contributed by atoms with Crippen LogP contribution in [0.25, 0.3) is 0 Å². The van der Waals surface area contributed by atoms with Gasteiger partial charge in [-0.25, -0.2) is 0 Å². The first-order valence-corrected chi connectivity index (χ1v) is 6.17. The molecule has 1 rings (SSSR count). The van der Waals surface area contributed by atoms with Crippen molar-refractivity contribution in [1.82, 2.24) is 10.2 Å². The maximum atomic E-state index is 12.1. The van der Waals surface area contributed by atoms with Crippen molar-refractivity contribution in [3.63, 3.8) is 0 Å². The molecule has 16 heavy (non-hydrogen) atoms. The first-order valence-electron chi connectivity index (χ1n) is 6.17. The fraction of sp³-hybridized carbons (Fsp3) is 0.917. The molecule has 1 amide bonds. The lowest BCUT2D eigenvalue weighted by Crippen LogP contribution is -2.49. The van der Waals surface area contributed by atoms with Crippen LogP contribution >= 0.6 is 12.4 Å². The Hall–Kier alpha value is -0.280. The number of piperidine rings is 1. The Morgan fingerprint density at radius 3 is 2.56 bits per heavy atom. The van der Waals surface area contributed by atoms with E-state index in [-0.39, 0.29) is 18.4 Å². The number of carbonyl (C=O) groups excluding carboxylic acids is 1. The van der Waals surface area contributed by atoms with Crippen molar-refractivity contribution in [3.8, 4) is 0 Å². The molecule has 0 aromatic rings. The third kappa shape index (κ3) is 4.71. The minimum absolute atomic E-state index is 0. The molecule has 1 fully saturated rings. The van der Waals surface area contributed by atoms with Crippen molar-refractivity contribution in [2.75, 3.05) is 19.6 Å². The summed E-state index contributed by atoms with van der Waals surface area (Å²) in [7, 11) is 0. The molecule has 1 saturated heterocycles. The lowest BCUT2D eigenvalue weighted by molar-refractivity contribution is -0.134. The average molecular weight is 249 g/mol. The first kappa shape index (κ1) is 15.7. The summed E-state index contributed by atoms with van der Waals surface area (Å²) in [6.07, 6.45) is 3.40. The van der Waals surface area contributed by atoms with Gasteiger partial charge < -0.3 is 10.2 Å². The predicted octanol–water partition coefficient (Wildman–Crippen LogP) is 2.05. The van der Waals surface area contributed by atoms with E-state index in [1.807, 2.05) is 4.90 Å². The predicted molar refractivity (Wildman–Crippen MR) is 70.0 cm³/mol. The van der Waals surface area contributed by atoms with E-state index >= 15 is 0 Å². The van der Waals surface area contributed by atoms with Crippen molar-refractivity contribution in [2.24, 2.45) is 5.92 Å². The summed E-state index contributed by atoms with van der Waals surface area (Å²) in [4.78, 5) is 14.1. The van der Waals surface area contributed by atoms with Gasteiger partial charge in [-0.2, -0.15) is 0 Å². The number of rotatable bonds is 4. The number of halogens is 1. The largest absolute Gasteiger partial charge is 0.341 e. The number of carbonyl (C=O) groups is 1. The molecular formula is C12H25ClN2O. The number of nitrogens with zero attached hydrogens (tertiary/aromatic N) is 1. The lowest BCUT2D eigenvalue weighted by atomic mass is 10.0. The van der Waals surface area contributed by atoms with E-state index in [1.165, 1.54) is 12.8 Å². The molecule has 4 heteroatoms. The summed E-state index contributed by atoms with van der Waals surface area (Å²) < 4.78 is 0. The van der Waals surface area contributed by atoms with Crippen LogP contribution < -0.4 is 5.32 Å². The molecular weight excluding hydrogens is 224 g/mol. The molecule has 1 atom stereocenters. The highest BCUT2D eigenvalue weighted by atomic mass is 35.5. The van der Waals surface area contributed by atoms with Gasteiger partial charge >= 0.3 is 0 Å². The Kier molecular flexibility index (Phi) is 7.77. The molecule has 3 nitrogen and oxygen atoms in total. The second-order valence-electron chi connectivity index (χ2n) is 4.77. The SMILES string of the molecule is CCN(CC(C)C)C(=O)C1CCCCN1.Cl. The van der Waals surface area contributed by atoms with Crippen LogP contribution in [-0.4, -0.2) is 36.5 Å². The molecule has 0 bridgehead atoms. The summed E-state index contributed by atoms with van der Waals surface area (Å²) in [5, 5.41) is 3.32. The van der Waals surface area contributed by atoms with Gasteiger partial charge in [-0.1, -0.05) is 20.3 Å². The highest BCUT2D eigenvalue weighted by molar-refractivity contribution is 5.85. The van der Waals surface area contributed by atoms with Crippen molar-refractivity contribution in [3.05, 3.63) is 0 Å². The summed E-state index contributed by atoms with van der Waals surface area (Å²) in [5.41, 5.74) is 0. The Balaban J connectivity index is 0.00000225. The normalized spacial score (nSPS) is 20.4. The molecule has 0 aromatic carbocycles. The second-order valence-corrected chi connectivity index (χ2v) is 4.77. The van der Waals surface area contributed by atoms with Crippen molar-refractivity contribution >= 4 is 18.3 Å². The maximum Gasteiger partial charge on any atom is 0.239 e. The minimum atomic E-state index is 0. The summed E-state index contributed by atoms with van der Waals surface area (Å²) in [5.74, 6) is 0.850. The molecule has 0 spiro atoms. The molecule has 1 heterocycles. The third-order valence-electron chi connectivity index (χ3n) is 2.89. The molecule has 96 valence electrons. The number of hydrogen-bond acceptors (Lipinski definition) is 2. The van der Waals surface area contributed by atoms with Crippen LogP contribution in [0.4, 0.5) is 0 Å². The van der Waals surface area contributed by atoms with Gasteiger partial charge in [0.15, 0.2) is 0 Å². The zero-order chi connectivity index (χ0) is 11.3. The summed E-state index contributed by atoms with van der Waals surface area (Å²) in [6, 6.07) is 0.0810. The van der Waals surface area contributed by atoms with Gasteiger partial charge in [-0.3, -0.25) is 4.79 Å². The van der Waals surface area contributed by atoms with Gasteiger partial charge in [-0.05, 0) is 32.2 Å². The lowest BCUT2D eigenvalue weighted by Gasteiger charge is -2.30. The standard InChI is InChI=1S/C12H24N2O.ClH/c1-4-14(9-10(2)3)12(15)11-7-5-6-8-13-11;/h10-11,13H,4-9H2,1-3H3;1H. The number of likely N-dealkylation sites (N-methyl/N-ethyl adjacent to an activating group) is 1. The van der Waals surface area contributed by atoms with E-state index < -0.39 is 0 Å². The number of nitrogens with one attached hydrogen (secondary N) is 1. The molecule has 0 aliphatic carbocycles. The minimum Gasteiger partial charge on any atom is -0.341 e. The Labute approximate surface area is 105 Å². The van der Waals surface area contributed by atoms with Crippen LogP contribution in [0, 0.1) is 5.92 Å². The van der Waals surface area contributed by atoms with Gasteiger partial charge in [0.2, 0.25) is 5.91 Å². The monoisotopic (exact) mass is 248 g/mol. The first-order chi connectivity index (χ1) is 7.15. The van der Waals surface area contributed by atoms with Gasteiger partial charge in [0.1, 0.15) is 0 Å². The molecule has 1 unspecified atom stereocenters. The van der Waals surface area contributed by atoms with E-state index in [2.05, 4.69) is 26.1 Å². The Bertz CT molecular complexity index is 203. The average Bonchev–Trinajstić information content (AvgIpc) is 2.26. The van der Waals surface area contributed by atoms with Crippen LogP contribution in [0.1, 0.15) is 40.0 Å². The topological polar surface area (TPSA) is 32.3 Å². The van der Waals surface area contributed by atoms with Crippen LogP contribution in [-0.2, 0) is 4.79 Å². The molecule has 1 aliphatic rings. The van der Waals surface area contributed by atoms with Crippen molar-refractivity contribution in [1.29, 1.82) is 0 Å². The molecule has 0 radical (unpaired) electrons. The van der Waals surface area contributed by atoms with E-state index in [0.717, 1.165) is 26.1 Å². The van der Waals surface area contributed by atoms with E-state index in [0.29, 0.717) is 11.8 Å². The van der Waals surface area contributed by atoms with Crippen LogP contribution in [0.5, 0.6) is 0 Å². The van der Waals surface area contributed by atoms with E-state index in [4.69, 9.17) is 0 Å². The van der Waals surface area contributed by atoms with Crippen LogP contribution in [0.2, 0.25) is 0 Å². The molecule has 1 N–H and O–H groups in total. The maximum absolute atomic E-state index is 12.1.